The Morgan fingerprint density at radius 1 is 1.44 bits per heavy atom. The zero-order chi connectivity index (χ0) is 6.69. The van der Waals surface area contributed by atoms with E-state index in [2.05, 4.69) is 4.74 Å². The van der Waals surface area contributed by atoms with Crippen LogP contribution < -0.4 is 0 Å². The first-order valence-electron chi connectivity index (χ1n) is 3.17. The lowest BCUT2D eigenvalue weighted by molar-refractivity contribution is 0.199. The monoisotopic (exact) mass is 146 g/mol. The first kappa shape index (κ1) is 7.01. The van der Waals surface area contributed by atoms with Gasteiger partial charge in [-0.05, 0) is 25.2 Å². The average molecular weight is 146 g/mol. The van der Waals surface area contributed by atoms with E-state index >= 15 is 0 Å². The zero-order valence-corrected chi connectivity index (χ0v) is 6.49. The molecule has 52 valence electrons. The topological polar surface area (TPSA) is 26.3 Å². The van der Waals surface area contributed by atoms with Crippen LogP contribution in [0.2, 0.25) is 0 Å². The third kappa shape index (κ3) is 1.65. The third-order valence-corrected chi connectivity index (χ3v) is 3.95. The smallest absolute Gasteiger partial charge is 0.325 e. The van der Waals surface area contributed by atoms with Crippen LogP contribution in [0.25, 0.3) is 0 Å². The summed E-state index contributed by atoms with van der Waals surface area (Å²) < 4.78 is 4.62. The van der Waals surface area contributed by atoms with E-state index in [1.807, 2.05) is 0 Å². The van der Waals surface area contributed by atoms with Crippen molar-refractivity contribution in [2.75, 3.05) is 19.4 Å². The minimum atomic E-state index is -0.368. The fourth-order valence-electron chi connectivity index (χ4n) is 1.03. The van der Waals surface area contributed by atoms with Gasteiger partial charge in [-0.25, -0.2) is 4.79 Å². The molecule has 0 bridgehead atoms. The van der Waals surface area contributed by atoms with E-state index < -0.39 is 0 Å². The van der Waals surface area contributed by atoms with Crippen LogP contribution in [-0.4, -0.2) is 25.1 Å². The third-order valence-electron chi connectivity index (χ3n) is 1.54. The van der Waals surface area contributed by atoms with E-state index in [9.17, 15) is 4.79 Å². The standard InChI is InChI=1S/C6H11O2P/c1-8-6(7)9-4-2-3-5-9/h2-5H2,1H3. The van der Waals surface area contributed by atoms with E-state index in [1.165, 1.54) is 20.0 Å². The van der Waals surface area contributed by atoms with Crippen molar-refractivity contribution in [3.05, 3.63) is 0 Å². The summed E-state index contributed by atoms with van der Waals surface area (Å²) in [4.78, 5) is 10.8. The predicted molar refractivity (Wildman–Crippen MR) is 38.3 cm³/mol. The van der Waals surface area contributed by atoms with Crippen molar-refractivity contribution in [2.24, 2.45) is 0 Å². The molecule has 0 aromatic heterocycles. The fraction of sp³-hybridized carbons (Fsp3) is 0.833. The lowest BCUT2D eigenvalue weighted by Crippen LogP contribution is -1.95. The van der Waals surface area contributed by atoms with Gasteiger partial charge in [0.25, 0.3) is 0 Å². The Hall–Kier alpha value is -0.100. The highest BCUT2D eigenvalue weighted by Crippen LogP contribution is 2.44. The molecular formula is C6H11O2P. The molecule has 0 radical (unpaired) electrons. The number of methoxy groups -OCH3 is 1. The molecule has 3 heteroatoms. The predicted octanol–water partition coefficient (Wildman–Crippen LogP) is 2.03. The molecule has 0 saturated carbocycles. The number of carbonyl (C=O) groups excluding carboxylic acids is 1. The van der Waals surface area contributed by atoms with E-state index in [0.717, 1.165) is 12.3 Å². The van der Waals surface area contributed by atoms with Crippen LogP contribution in [0.1, 0.15) is 12.8 Å². The molecule has 1 rings (SSSR count). The molecular weight excluding hydrogens is 135 g/mol. The van der Waals surface area contributed by atoms with Gasteiger partial charge in [0.2, 0.25) is 0 Å². The summed E-state index contributed by atoms with van der Waals surface area (Å²) in [7, 11) is 1.11. The van der Waals surface area contributed by atoms with Crippen LogP contribution in [0, 0.1) is 0 Å². The van der Waals surface area contributed by atoms with Crippen LogP contribution in [0.3, 0.4) is 0 Å². The summed E-state index contributed by atoms with van der Waals surface area (Å²) in [5.41, 5.74) is 0.0440. The average Bonchev–Trinajstić information content (AvgIpc) is 2.37. The Labute approximate surface area is 56.3 Å². The second-order valence-corrected chi connectivity index (χ2v) is 4.50. The maximum absolute atomic E-state index is 10.8. The van der Waals surface area contributed by atoms with E-state index in [0.29, 0.717) is 0 Å². The number of ether oxygens (including phenoxy) is 1. The maximum Gasteiger partial charge on any atom is 0.325 e. The summed E-state index contributed by atoms with van der Waals surface area (Å²) in [5.74, 6) is 0. The molecule has 0 amide bonds. The van der Waals surface area contributed by atoms with Gasteiger partial charge >= 0.3 is 5.71 Å². The van der Waals surface area contributed by atoms with Gasteiger partial charge in [0.05, 0.1) is 7.11 Å². The van der Waals surface area contributed by atoms with Crippen molar-refractivity contribution in [3.8, 4) is 0 Å². The molecule has 1 aliphatic rings. The fourth-order valence-corrected chi connectivity index (χ4v) is 3.09. The molecule has 1 heterocycles. The second-order valence-electron chi connectivity index (χ2n) is 2.16. The van der Waals surface area contributed by atoms with Crippen molar-refractivity contribution in [1.29, 1.82) is 0 Å². The molecule has 0 N–H and O–H groups in total. The van der Waals surface area contributed by atoms with Crippen molar-refractivity contribution in [1.82, 2.24) is 0 Å². The van der Waals surface area contributed by atoms with Gasteiger partial charge < -0.3 is 4.74 Å². The molecule has 1 fully saturated rings. The Morgan fingerprint density at radius 2 is 2.00 bits per heavy atom. The molecule has 0 aromatic rings. The number of rotatable bonds is 1. The highest BCUT2D eigenvalue weighted by atomic mass is 31.1. The molecule has 9 heavy (non-hydrogen) atoms. The largest absolute Gasteiger partial charge is 0.466 e. The van der Waals surface area contributed by atoms with E-state index in [4.69, 9.17) is 0 Å². The van der Waals surface area contributed by atoms with Crippen molar-refractivity contribution in [3.63, 3.8) is 0 Å². The van der Waals surface area contributed by atoms with Crippen LogP contribution in [-0.2, 0) is 4.74 Å². The zero-order valence-electron chi connectivity index (χ0n) is 5.59. The van der Waals surface area contributed by atoms with Gasteiger partial charge in [-0.15, -0.1) is 0 Å². The van der Waals surface area contributed by atoms with E-state index in [1.54, 1.807) is 0 Å². The van der Waals surface area contributed by atoms with Crippen molar-refractivity contribution in [2.45, 2.75) is 12.8 Å². The molecule has 0 aromatic carbocycles. The Bertz CT molecular complexity index is 108. The molecule has 2 nitrogen and oxygen atoms in total. The molecule has 1 aliphatic heterocycles. The summed E-state index contributed by atoms with van der Waals surface area (Å²) in [5, 5.41) is 0. The Morgan fingerprint density at radius 3 is 2.44 bits per heavy atom. The number of hydrogen-bond acceptors (Lipinski definition) is 2. The SMILES string of the molecule is COC(=O)P1CCCC1. The maximum atomic E-state index is 10.8. The van der Waals surface area contributed by atoms with Crippen LogP contribution in [0.5, 0.6) is 0 Å². The van der Waals surface area contributed by atoms with Gasteiger partial charge in [-0.2, -0.15) is 0 Å². The number of hydrogen-bond donors (Lipinski definition) is 0. The number of carbonyl (C=O) groups is 1. The normalized spacial score (nSPS) is 20.1. The first-order chi connectivity index (χ1) is 4.34. The van der Waals surface area contributed by atoms with Crippen LogP contribution in [0.4, 0.5) is 4.79 Å². The van der Waals surface area contributed by atoms with Crippen molar-refractivity contribution >= 4 is 13.6 Å². The molecule has 0 spiro atoms. The lowest BCUT2D eigenvalue weighted by Gasteiger charge is -2.03. The van der Waals surface area contributed by atoms with Gasteiger partial charge in [0.15, 0.2) is 0 Å². The van der Waals surface area contributed by atoms with Gasteiger partial charge in [0, 0.05) is 7.92 Å². The minimum Gasteiger partial charge on any atom is -0.466 e. The quantitative estimate of drug-likeness (QED) is 0.529. The summed E-state index contributed by atoms with van der Waals surface area (Å²) in [6.07, 6.45) is 4.64. The molecule has 0 aliphatic carbocycles. The van der Waals surface area contributed by atoms with Crippen molar-refractivity contribution < 1.29 is 9.53 Å². The van der Waals surface area contributed by atoms with Gasteiger partial charge in [0.1, 0.15) is 0 Å². The molecule has 0 unspecified atom stereocenters. The molecule has 1 saturated heterocycles. The van der Waals surface area contributed by atoms with Crippen LogP contribution in [0.15, 0.2) is 0 Å². The van der Waals surface area contributed by atoms with Gasteiger partial charge in [-0.1, -0.05) is 0 Å². The first-order valence-corrected chi connectivity index (χ1v) is 4.88. The molecule has 0 atom stereocenters. The Balaban J connectivity index is 2.32. The Kier molecular flexibility index (Phi) is 2.47. The summed E-state index contributed by atoms with van der Waals surface area (Å²) in [6, 6.07) is 0. The summed E-state index contributed by atoms with van der Waals surface area (Å²) in [6.45, 7) is 0. The van der Waals surface area contributed by atoms with E-state index in [-0.39, 0.29) is 13.6 Å². The highest BCUT2D eigenvalue weighted by Gasteiger charge is 2.22. The second kappa shape index (κ2) is 3.17. The highest BCUT2D eigenvalue weighted by molar-refractivity contribution is 7.74. The minimum absolute atomic E-state index is 0.0440. The summed E-state index contributed by atoms with van der Waals surface area (Å²) >= 11 is 0. The van der Waals surface area contributed by atoms with Crippen LogP contribution >= 0.6 is 7.92 Å². The van der Waals surface area contributed by atoms with Gasteiger partial charge in [-0.3, -0.25) is 0 Å². The lowest BCUT2D eigenvalue weighted by atomic mass is 10.4.